The van der Waals surface area contributed by atoms with E-state index in [1.54, 1.807) is 18.9 Å². The van der Waals surface area contributed by atoms with Crippen LogP contribution in [0.15, 0.2) is 48.2 Å². The van der Waals surface area contributed by atoms with E-state index in [2.05, 4.69) is 88.6 Å². The van der Waals surface area contributed by atoms with Crippen molar-refractivity contribution in [2.24, 2.45) is 0 Å². The molecule has 0 fully saturated rings. The number of hydrogen-bond donors (Lipinski definition) is 0. The van der Waals surface area contributed by atoms with Gasteiger partial charge in [0.2, 0.25) is 0 Å². The van der Waals surface area contributed by atoms with Crippen LogP contribution < -0.4 is 0 Å². The predicted octanol–water partition coefficient (Wildman–Crippen LogP) is 9.49. The van der Waals surface area contributed by atoms with Crippen LogP contribution in [0.2, 0.25) is 33.0 Å². The molecule has 160 valence electrons. The van der Waals surface area contributed by atoms with Crippen LogP contribution in [0.1, 0.15) is 64.9 Å². The third kappa shape index (κ3) is 7.27. The van der Waals surface area contributed by atoms with E-state index in [1.165, 1.54) is 49.3 Å². The van der Waals surface area contributed by atoms with Crippen molar-refractivity contribution in [1.29, 1.82) is 0 Å². The SMILES string of the molecule is CCC[CH2][Sn]([CH2]CCC)([CH2]CCC)/[C](=C/[Si](C)(C)C)c1ccc2ccccc2c1. The van der Waals surface area contributed by atoms with Crippen molar-refractivity contribution in [1.82, 2.24) is 0 Å². The average Bonchev–Trinajstić information content (AvgIpc) is 2.71. The van der Waals surface area contributed by atoms with Crippen molar-refractivity contribution in [3.8, 4) is 0 Å². The van der Waals surface area contributed by atoms with Gasteiger partial charge in [-0.2, -0.15) is 0 Å². The number of benzene rings is 2. The van der Waals surface area contributed by atoms with Crippen LogP contribution in [-0.4, -0.2) is 26.5 Å². The molecule has 2 rings (SSSR count). The molecular weight excluding hydrogens is 471 g/mol. The summed E-state index contributed by atoms with van der Waals surface area (Å²) in [6.07, 6.45) is 8.32. The summed E-state index contributed by atoms with van der Waals surface area (Å²) in [7, 11) is -1.31. The first-order valence-corrected chi connectivity index (χ1v) is 23.1. The van der Waals surface area contributed by atoms with Gasteiger partial charge in [0.1, 0.15) is 0 Å². The molecule has 2 heteroatoms. The van der Waals surface area contributed by atoms with E-state index >= 15 is 0 Å². The summed E-state index contributed by atoms with van der Waals surface area (Å²) >= 11 is -2.49. The van der Waals surface area contributed by atoms with E-state index in [0.717, 1.165) is 0 Å². The summed E-state index contributed by atoms with van der Waals surface area (Å²) in [5.41, 5.74) is 4.42. The average molecular weight is 515 g/mol. The molecule has 0 aromatic heterocycles. The molecule has 0 radical (unpaired) electrons. The molecule has 0 atom stereocenters. The third-order valence-corrected chi connectivity index (χ3v) is 23.9. The maximum absolute atomic E-state index is 2.84. The monoisotopic (exact) mass is 516 g/mol. The Morgan fingerprint density at radius 2 is 1.28 bits per heavy atom. The van der Waals surface area contributed by atoms with Gasteiger partial charge >= 0.3 is 187 Å². The van der Waals surface area contributed by atoms with E-state index in [-0.39, 0.29) is 0 Å². The molecule has 29 heavy (non-hydrogen) atoms. The summed E-state index contributed by atoms with van der Waals surface area (Å²) in [5.74, 6) is 0. The first kappa shape index (κ1) is 24.7. The maximum atomic E-state index is 2.84. The van der Waals surface area contributed by atoms with Crippen LogP contribution in [-0.2, 0) is 0 Å². The van der Waals surface area contributed by atoms with Crippen molar-refractivity contribution in [2.75, 3.05) is 0 Å². The summed E-state index contributed by atoms with van der Waals surface area (Å²) in [5, 5.41) is 2.79. The molecule has 0 saturated carbocycles. The van der Waals surface area contributed by atoms with E-state index in [0.29, 0.717) is 0 Å². The molecule has 2 aromatic carbocycles. The minimum atomic E-state index is -2.49. The van der Waals surface area contributed by atoms with Gasteiger partial charge in [0.15, 0.2) is 0 Å². The Balaban J connectivity index is 2.66. The van der Waals surface area contributed by atoms with E-state index in [9.17, 15) is 0 Å². The van der Waals surface area contributed by atoms with Crippen LogP contribution in [0.3, 0.4) is 0 Å². The fourth-order valence-electron chi connectivity index (χ4n) is 4.66. The zero-order valence-corrected chi connectivity index (χ0v) is 23.8. The van der Waals surface area contributed by atoms with Crippen molar-refractivity contribution in [2.45, 2.75) is 92.2 Å². The van der Waals surface area contributed by atoms with Crippen molar-refractivity contribution < 1.29 is 0 Å². The van der Waals surface area contributed by atoms with Crippen LogP contribution >= 0.6 is 0 Å². The van der Waals surface area contributed by atoms with Gasteiger partial charge in [-0.3, -0.25) is 0 Å². The second-order valence-corrected chi connectivity index (χ2v) is 28.2. The Morgan fingerprint density at radius 3 is 1.76 bits per heavy atom. The number of hydrogen-bond acceptors (Lipinski definition) is 0. The van der Waals surface area contributed by atoms with Gasteiger partial charge in [0.25, 0.3) is 0 Å². The van der Waals surface area contributed by atoms with Crippen molar-refractivity contribution >= 4 is 40.8 Å². The molecule has 0 bridgehead atoms. The molecule has 0 unspecified atom stereocenters. The normalized spacial score (nSPS) is 13.2. The predicted molar refractivity (Wildman–Crippen MR) is 140 cm³/mol. The van der Waals surface area contributed by atoms with Gasteiger partial charge in [-0.15, -0.1) is 0 Å². The van der Waals surface area contributed by atoms with Crippen molar-refractivity contribution in [3.63, 3.8) is 0 Å². The zero-order chi connectivity index (χ0) is 21.3. The van der Waals surface area contributed by atoms with Crippen LogP contribution in [0, 0.1) is 0 Å². The van der Waals surface area contributed by atoms with Gasteiger partial charge in [-0.25, -0.2) is 0 Å². The molecule has 0 heterocycles. The fourth-order valence-corrected chi connectivity index (χ4v) is 27.8. The second kappa shape index (κ2) is 11.7. The van der Waals surface area contributed by atoms with E-state index < -0.39 is 26.5 Å². The molecule has 0 spiro atoms. The van der Waals surface area contributed by atoms with Crippen LogP contribution in [0.5, 0.6) is 0 Å². The summed E-state index contributed by atoms with van der Waals surface area (Å²) in [4.78, 5) is 0. The summed E-state index contributed by atoms with van der Waals surface area (Å²) in [6.45, 7) is 14.7. The Hall–Kier alpha value is -0.544. The fraction of sp³-hybridized carbons (Fsp3) is 0.556. The number of unbranched alkanes of at least 4 members (excludes halogenated alkanes) is 3. The Kier molecular flexibility index (Phi) is 10.0. The first-order valence-electron chi connectivity index (χ1n) is 12.1. The van der Waals surface area contributed by atoms with Crippen molar-refractivity contribution in [3.05, 3.63) is 53.7 Å². The number of fused-ring (bicyclic) bond motifs is 1. The van der Waals surface area contributed by atoms with Gasteiger partial charge in [-0.1, -0.05) is 0 Å². The Morgan fingerprint density at radius 1 is 0.759 bits per heavy atom. The number of rotatable bonds is 12. The van der Waals surface area contributed by atoms with Gasteiger partial charge in [0.05, 0.1) is 0 Å². The van der Waals surface area contributed by atoms with Crippen LogP contribution in [0.4, 0.5) is 0 Å². The van der Waals surface area contributed by atoms with Crippen LogP contribution in [0.25, 0.3) is 14.4 Å². The quantitative estimate of drug-likeness (QED) is 0.247. The zero-order valence-electron chi connectivity index (χ0n) is 20.0. The topological polar surface area (TPSA) is 0 Å². The molecule has 0 nitrogen and oxygen atoms in total. The molecule has 0 aliphatic rings. The standard InChI is InChI=1S/C15H17Si.3C4H9.Sn/c1-16(2,3)11-10-13-8-9-14-6-4-5-7-15(14)12-13;3*1-3-4-2;/h4-9,11-12H,1-3H3;3*1,3-4H2,2H3;. The first-order chi connectivity index (χ1) is 13.8. The third-order valence-electron chi connectivity index (χ3n) is 6.24. The molecule has 0 amide bonds. The molecule has 0 aliphatic heterocycles. The second-order valence-electron chi connectivity index (χ2n) is 10.1. The van der Waals surface area contributed by atoms with E-state index in [1.807, 2.05) is 3.59 Å². The van der Waals surface area contributed by atoms with Gasteiger partial charge in [-0.05, 0) is 0 Å². The molecule has 0 aliphatic carbocycles. The molecule has 0 saturated heterocycles. The van der Waals surface area contributed by atoms with Gasteiger partial charge in [0, 0.05) is 0 Å². The van der Waals surface area contributed by atoms with Gasteiger partial charge < -0.3 is 0 Å². The summed E-state index contributed by atoms with van der Waals surface area (Å²) < 4.78 is 6.54. The molecule has 2 aromatic rings. The Labute approximate surface area is 186 Å². The Bertz CT molecular complexity index is 763. The van der Waals surface area contributed by atoms with E-state index in [4.69, 9.17) is 0 Å². The molecular formula is C27H44SiSn. The molecule has 0 N–H and O–H groups in total. The summed E-state index contributed by atoms with van der Waals surface area (Å²) in [6, 6.07) is 16.3. The minimum absolute atomic E-state index is 1.31.